The molecule has 3 rings (SSSR count). The van der Waals surface area contributed by atoms with Gasteiger partial charge in [0.05, 0.1) is 26.9 Å². The molecule has 1 N–H and O–H groups in total. The van der Waals surface area contributed by atoms with Crippen LogP contribution in [0.15, 0.2) is 36.4 Å². The second kappa shape index (κ2) is 10.6. The highest BCUT2D eigenvalue weighted by molar-refractivity contribution is 5.77. The lowest BCUT2D eigenvalue weighted by Crippen LogP contribution is -2.38. The topological polar surface area (TPSA) is 60.4 Å². The SMILES string of the molecule is COc1cc(OC)c(C2=CCN(C[C@H](O)COc3ccc(C)cc3C)CC2)c(OC)c1. The molecule has 0 bridgehead atoms. The third-order valence-electron chi connectivity index (χ3n) is 5.56. The third kappa shape index (κ3) is 5.71. The van der Waals surface area contributed by atoms with E-state index in [2.05, 4.69) is 24.0 Å². The van der Waals surface area contributed by atoms with Crippen LogP contribution in [0.25, 0.3) is 5.57 Å². The molecule has 0 aromatic heterocycles. The number of β-amino-alcohol motifs (C(OH)–C–C–N with tert-alkyl or cyclic N) is 1. The predicted octanol–water partition coefficient (Wildman–Crippen LogP) is 3.86. The zero-order chi connectivity index (χ0) is 22.4. The second-order valence-electron chi connectivity index (χ2n) is 7.88. The first-order valence-electron chi connectivity index (χ1n) is 10.5. The van der Waals surface area contributed by atoms with Gasteiger partial charge in [-0.1, -0.05) is 23.8 Å². The molecule has 0 unspecified atom stereocenters. The molecule has 0 fully saturated rings. The number of hydrogen-bond donors (Lipinski definition) is 1. The van der Waals surface area contributed by atoms with Crippen LogP contribution in [0, 0.1) is 13.8 Å². The molecule has 1 aliphatic heterocycles. The molecule has 1 atom stereocenters. The summed E-state index contributed by atoms with van der Waals surface area (Å²) in [6.45, 7) is 6.50. The standard InChI is InChI=1S/C25H33NO5/c1-17-6-7-22(18(2)12-17)31-16-20(27)15-26-10-8-19(9-11-26)25-23(29-4)13-21(28-3)14-24(25)30-5/h6-8,12-14,20,27H,9-11,15-16H2,1-5H3/t20-/m0/s1. The molecule has 1 heterocycles. The summed E-state index contributed by atoms with van der Waals surface area (Å²) in [5.74, 6) is 2.99. The van der Waals surface area contributed by atoms with Gasteiger partial charge in [0.25, 0.3) is 0 Å². The van der Waals surface area contributed by atoms with Gasteiger partial charge in [-0.2, -0.15) is 0 Å². The molecule has 0 saturated heterocycles. The van der Waals surface area contributed by atoms with E-state index >= 15 is 0 Å². The van der Waals surface area contributed by atoms with Crippen LogP contribution in [0.3, 0.4) is 0 Å². The zero-order valence-corrected chi connectivity index (χ0v) is 19.1. The van der Waals surface area contributed by atoms with Gasteiger partial charge in [-0.15, -0.1) is 0 Å². The summed E-state index contributed by atoms with van der Waals surface area (Å²) in [5, 5.41) is 10.5. The molecule has 0 radical (unpaired) electrons. The van der Waals surface area contributed by atoms with Crippen molar-refractivity contribution in [3.8, 4) is 23.0 Å². The van der Waals surface area contributed by atoms with Crippen LogP contribution in [0.4, 0.5) is 0 Å². The monoisotopic (exact) mass is 427 g/mol. The lowest BCUT2D eigenvalue weighted by molar-refractivity contribution is 0.0714. The van der Waals surface area contributed by atoms with Crippen molar-refractivity contribution in [2.24, 2.45) is 0 Å². The Kier molecular flexibility index (Phi) is 7.82. The number of aliphatic hydroxyl groups excluding tert-OH is 1. The number of nitrogens with zero attached hydrogens (tertiary/aromatic N) is 1. The minimum Gasteiger partial charge on any atom is -0.496 e. The number of benzene rings is 2. The van der Waals surface area contributed by atoms with Gasteiger partial charge >= 0.3 is 0 Å². The summed E-state index contributed by atoms with van der Waals surface area (Å²) in [6.07, 6.45) is 2.46. The van der Waals surface area contributed by atoms with Crippen molar-refractivity contribution in [1.82, 2.24) is 4.90 Å². The first-order chi connectivity index (χ1) is 14.9. The Morgan fingerprint density at radius 2 is 1.68 bits per heavy atom. The fraction of sp³-hybridized carbons (Fsp3) is 0.440. The summed E-state index contributed by atoms with van der Waals surface area (Å²) >= 11 is 0. The lowest BCUT2D eigenvalue weighted by atomic mass is 9.97. The normalized spacial score (nSPS) is 15.2. The summed E-state index contributed by atoms with van der Waals surface area (Å²) in [7, 11) is 4.93. The second-order valence-corrected chi connectivity index (χ2v) is 7.88. The number of methoxy groups -OCH3 is 3. The molecule has 31 heavy (non-hydrogen) atoms. The largest absolute Gasteiger partial charge is 0.496 e. The van der Waals surface area contributed by atoms with Crippen LogP contribution in [0.2, 0.25) is 0 Å². The van der Waals surface area contributed by atoms with Gasteiger partial charge in [-0.3, -0.25) is 4.90 Å². The van der Waals surface area contributed by atoms with Crippen LogP contribution in [0.5, 0.6) is 23.0 Å². The van der Waals surface area contributed by atoms with E-state index in [1.54, 1.807) is 21.3 Å². The number of aryl methyl sites for hydroxylation is 2. The van der Waals surface area contributed by atoms with Crippen molar-refractivity contribution in [3.63, 3.8) is 0 Å². The number of hydrogen-bond acceptors (Lipinski definition) is 6. The molecule has 0 spiro atoms. The van der Waals surface area contributed by atoms with Gasteiger partial charge in [-0.05, 0) is 37.5 Å². The highest BCUT2D eigenvalue weighted by atomic mass is 16.5. The van der Waals surface area contributed by atoms with Crippen molar-refractivity contribution < 1.29 is 24.1 Å². The molecule has 6 nitrogen and oxygen atoms in total. The Bertz CT molecular complexity index is 899. The first kappa shape index (κ1) is 23.0. The average molecular weight is 428 g/mol. The van der Waals surface area contributed by atoms with E-state index in [0.29, 0.717) is 12.3 Å². The highest BCUT2D eigenvalue weighted by Crippen LogP contribution is 2.40. The van der Waals surface area contributed by atoms with Crippen molar-refractivity contribution in [3.05, 3.63) is 53.1 Å². The van der Waals surface area contributed by atoms with Crippen LogP contribution in [-0.2, 0) is 0 Å². The molecule has 1 aliphatic rings. The van der Waals surface area contributed by atoms with Gasteiger partial charge in [0, 0.05) is 31.8 Å². The Morgan fingerprint density at radius 3 is 2.23 bits per heavy atom. The quantitative estimate of drug-likeness (QED) is 0.656. The van der Waals surface area contributed by atoms with Gasteiger partial charge in [0.1, 0.15) is 35.7 Å². The van der Waals surface area contributed by atoms with Crippen LogP contribution in [0.1, 0.15) is 23.1 Å². The first-order valence-corrected chi connectivity index (χ1v) is 10.5. The molecule has 0 aliphatic carbocycles. The van der Waals surface area contributed by atoms with Crippen LogP contribution in [-0.4, -0.2) is 63.7 Å². The van der Waals surface area contributed by atoms with E-state index in [1.807, 2.05) is 31.2 Å². The van der Waals surface area contributed by atoms with E-state index in [1.165, 1.54) is 11.1 Å². The summed E-state index contributed by atoms with van der Waals surface area (Å²) in [6, 6.07) is 9.81. The zero-order valence-electron chi connectivity index (χ0n) is 19.1. The van der Waals surface area contributed by atoms with Crippen molar-refractivity contribution >= 4 is 5.57 Å². The predicted molar refractivity (Wildman–Crippen MR) is 123 cm³/mol. The fourth-order valence-electron chi connectivity index (χ4n) is 3.92. The van der Waals surface area contributed by atoms with Crippen molar-refractivity contribution in [2.75, 3.05) is 47.6 Å². The maximum Gasteiger partial charge on any atom is 0.133 e. The fourth-order valence-corrected chi connectivity index (χ4v) is 3.92. The lowest BCUT2D eigenvalue weighted by Gasteiger charge is -2.29. The molecule has 2 aromatic rings. The smallest absolute Gasteiger partial charge is 0.133 e. The van der Waals surface area contributed by atoms with E-state index in [-0.39, 0.29) is 6.61 Å². The molecule has 2 aromatic carbocycles. The Balaban J connectivity index is 1.61. The van der Waals surface area contributed by atoms with Gasteiger partial charge < -0.3 is 24.1 Å². The molecule has 0 amide bonds. The highest BCUT2D eigenvalue weighted by Gasteiger charge is 2.22. The van der Waals surface area contributed by atoms with E-state index < -0.39 is 6.10 Å². The van der Waals surface area contributed by atoms with E-state index in [0.717, 1.165) is 47.9 Å². The summed E-state index contributed by atoms with van der Waals surface area (Å²) in [4.78, 5) is 2.22. The van der Waals surface area contributed by atoms with E-state index in [9.17, 15) is 5.11 Å². The number of ether oxygens (including phenoxy) is 4. The van der Waals surface area contributed by atoms with Gasteiger partial charge in [0.2, 0.25) is 0 Å². The summed E-state index contributed by atoms with van der Waals surface area (Å²) in [5.41, 5.74) is 4.42. The number of aliphatic hydroxyl groups is 1. The minimum atomic E-state index is -0.555. The van der Waals surface area contributed by atoms with Gasteiger partial charge in [0.15, 0.2) is 0 Å². The minimum absolute atomic E-state index is 0.275. The Hall–Kier alpha value is -2.70. The maximum absolute atomic E-state index is 10.5. The van der Waals surface area contributed by atoms with Crippen LogP contribution >= 0.6 is 0 Å². The molecular formula is C25H33NO5. The third-order valence-corrected chi connectivity index (χ3v) is 5.56. The molecular weight excluding hydrogens is 394 g/mol. The van der Waals surface area contributed by atoms with Gasteiger partial charge in [-0.25, -0.2) is 0 Å². The van der Waals surface area contributed by atoms with E-state index in [4.69, 9.17) is 18.9 Å². The number of rotatable bonds is 9. The Morgan fingerprint density at radius 1 is 0.968 bits per heavy atom. The maximum atomic E-state index is 10.5. The Labute approximate surface area is 185 Å². The van der Waals surface area contributed by atoms with Crippen LogP contribution < -0.4 is 18.9 Å². The van der Waals surface area contributed by atoms with Crippen molar-refractivity contribution in [2.45, 2.75) is 26.4 Å². The van der Waals surface area contributed by atoms with Crippen molar-refractivity contribution in [1.29, 1.82) is 0 Å². The molecule has 168 valence electrons. The summed E-state index contributed by atoms with van der Waals surface area (Å²) < 4.78 is 22.4. The molecule has 6 heteroatoms. The average Bonchev–Trinajstić information content (AvgIpc) is 2.78. The molecule has 0 saturated carbocycles.